The maximum absolute atomic E-state index is 12.8. The summed E-state index contributed by atoms with van der Waals surface area (Å²) in [4.78, 5) is 20.6. The molecule has 2 aromatic carbocycles. The first kappa shape index (κ1) is 15.2. The van der Waals surface area contributed by atoms with Crippen LogP contribution < -0.4 is 5.56 Å². The molecule has 2 heterocycles. The summed E-state index contributed by atoms with van der Waals surface area (Å²) < 4.78 is 1.60. The first-order chi connectivity index (χ1) is 12.1. The van der Waals surface area contributed by atoms with Crippen LogP contribution in [0.5, 0.6) is 5.75 Å². The lowest BCUT2D eigenvalue weighted by atomic mass is 10.1. The second kappa shape index (κ2) is 5.94. The van der Waals surface area contributed by atoms with E-state index in [2.05, 4.69) is 9.97 Å². The Balaban J connectivity index is 1.79. The number of aromatic nitrogens is 3. The summed E-state index contributed by atoms with van der Waals surface area (Å²) in [5.41, 5.74) is 4.04. The van der Waals surface area contributed by atoms with Crippen LogP contribution in [-0.2, 0) is 6.42 Å². The summed E-state index contributed by atoms with van der Waals surface area (Å²) >= 11 is 0. The van der Waals surface area contributed by atoms with E-state index in [-0.39, 0.29) is 11.3 Å². The van der Waals surface area contributed by atoms with Crippen molar-refractivity contribution in [2.75, 3.05) is 0 Å². The average molecular weight is 331 g/mol. The van der Waals surface area contributed by atoms with Crippen LogP contribution in [-0.4, -0.2) is 19.6 Å². The largest absolute Gasteiger partial charge is 0.508 e. The standard InChI is InChI=1S/C20H17N3O2/c1-13-19-22-17(11-14-7-9-16(24)10-8-14)20(25)23(19)12-18(21-13)15-5-3-2-4-6-15/h2-10,12,21,24H,11H2,1H3. The Morgan fingerprint density at radius 3 is 2.52 bits per heavy atom. The lowest BCUT2D eigenvalue weighted by molar-refractivity contribution is 0.475. The number of aryl methyl sites for hydroxylation is 1. The summed E-state index contributed by atoms with van der Waals surface area (Å²) in [6.45, 7) is 1.92. The van der Waals surface area contributed by atoms with Crippen molar-refractivity contribution in [2.45, 2.75) is 13.3 Å². The van der Waals surface area contributed by atoms with E-state index in [4.69, 9.17) is 0 Å². The molecule has 0 aromatic heterocycles. The first-order valence-corrected chi connectivity index (χ1v) is 8.06. The predicted molar refractivity (Wildman–Crippen MR) is 96.5 cm³/mol. The minimum atomic E-state index is -0.114. The predicted octanol–water partition coefficient (Wildman–Crippen LogP) is 3.27. The number of phenolic OH excluding ortho intramolecular Hbond substituents is 1. The molecule has 0 saturated carbocycles. The van der Waals surface area contributed by atoms with Crippen LogP contribution in [0.25, 0.3) is 17.1 Å². The first-order valence-electron chi connectivity index (χ1n) is 8.06. The number of H-pyrrole nitrogens is 1. The van der Waals surface area contributed by atoms with E-state index < -0.39 is 0 Å². The van der Waals surface area contributed by atoms with Gasteiger partial charge in [0.15, 0.2) is 5.82 Å². The zero-order valence-electron chi connectivity index (χ0n) is 13.7. The third-order valence-electron chi connectivity index (χ3n) is 4.24. The van der Waals surface area contributed by atoms with Crippen molar-refractivity contribution in [1.29, 1.82) is 0 Å². The lowest BCUT2D eigenvalue weighted by Crippen LogP contribution is -2.16. The normalized spacial score (nSPS) is 11.1. The van der Waals surface area contributed by atoms with Crippen molar-refractivity contribution in [3.05, 3.63) is 88.1 Å². The van der Waals surface area contributed by atoms with Gasteiger partial charge in [-0.25, -0.2) is 4.98 Å². The highest BCUT2D eigenvalue weighted by molar-refractivity contribution is 5.59. The molecule has 2 N–H and O–H groups in total. The highest BCUT2D eigenvalue weighted by Crippen LogP contribution is 2.21. The van der Waals surface area contributed by atoms with Gasteiger partial charge in [0.2, 0.25) is 0 Å². The van der Waals surface area contributed by atoms with Crippen LogP contribution in [0.15, 0.2) is 65.6 Å². The molecule has 4 rings (SSSR count). The molecule has 0 fully saturated rings. The number of aromatic amines is 1. The van der Waals surface area contributed by atoms with Crippen LogP contribution in [0.3, 0.4) is 0 Å². The number of nitrogens with one attached hydrogen (secondary N) is 1. The highest BCUT2D eigenvalue weighted by atomic mass is 16.3. The quantitative estimate of drug-likeness (QED) is 0.605. The molecule has 2 aliphatic rings. The number of hydrogen-bond acceptors (Lipinski definition) is 3. The Morgan fingerprint density at radius 1 is 1.08 bits per heavy atom. The number of benzene rings is 2. The van der Waals surface area contributed by atoms with E-state index in [1.807, 2.05) is 37.3 Å². The van der Waals surface area contributed by atoms with Crippen LogP contribution in [0.4, 0.5) is 0 Å². The van der Waals surface area contributed by atoms with Gasteiger partial charge in [-0.05, 0) is 30.2 Å². The molecule has 2 aliphatic heterocycles. The molecule has 0 atom stereocenters. The molecule has 5 heteroatoms. The number of hydrogen-bond donors (Lipinski definition) is 2. The van der Waals surface area contributed by atoms with Crippen LogP contribution in [0.1, 0.15) is 17.0 Å². The maximum Gasteiger partial charge on any atom is 0.278 e. The van der Waals surface area contributed by atoms with E-state index in [0.29, 0.717) is 17.9 Å². The molecule has 124 valence electrons. The highest BCUT2D eigenvalue weighted by Gasteiger charge is 2.18. The van der Waals surface area contributed by atoms with Gasteiger partial charge in [-0.3, -0.25) is 9.36 Å². The number of fused-ring (bicyclic) bond motifs is 1. The maximum atomic E-state index is 12.8. The van der Waals surface area contributed by atoms with Crippen molar-refractivity contribution in [3.63, 3.8) is 0 Å². The summed E-state index contributed by atoms with van der Waals surface area (Å²) in [6.07, 6.45) is 2.23. The molecule has 0 bridgehead atoms. The van der Waals surface area contributed by atoms with Gasteiger partial charge < -0.3 is 10.1 Å². The van der Waals surface area contributed by atoms with Gasteiger partial charge in [0.05, 0.1) is 11.4 Å². The van der Waals surface area contributed by atoms with E-state index in [1.165, 1.54) is 0 Å². The van der Waals surface area contributed by atoms with Crippen LogP contribution in [0.2, 0.25) is 0 Å². The lowest BCUT2D eigenvalue weighted by Gasteiger charge is -2.09. The summed E-state index contributed by atoms with van der Waals surface area (Å²) in [7, 11) is 0. The number of aromatic hydroxyl groups is 1. The Hall–Kier alpha value is -3.34. The van der Waals surface area contributed by atoms with Crippen molar-refractivity contribution in [1.82, 2.24) is 14.5 Å². The molecular formula is C20H17N3O2. The Bertz CT molecular complexity index is 1050. The number of phenols is 1. The van der Waals surface area contributed by atoms with Crippen molar-refractivity contribution in [3.8, 4) is 22.8 Å². The minimum Gasteiger partial charge on any atom is -0.508 e. The van der Waals surface area contributed by atoms with Gasteiger partial charge in [0.1, 0.15) is 11.4 Å². The topological polar surface area (TPSA) is 70.9 Å². The fraction of sp³-hybridized carbons (Fsp3) is 0.100. The fourth-order valence-corrected chi connectivity index (χ4v) is 2.96. The Labute approximate surface area is 144 Å². The Kier molecular flexibility index (Phi) is 3.61. The van der Waals surface area contributed by atoms with Crippen molar-refractivity contribution < 1.29 is 5.11 Å². The summed E-state index contributed by atoms with van der Waals surface area (Å²) in [5.74, 6) is 0.845. The van der Waals surface area contributed by atoms with Crippen LogP contribution >= 0.6 is 0 Å². The van der Waals surface area contributed by atoms with Gasteiger partial charge in [-0.2, -0.15) is 0 Å². The fourth-order valence-electron chi connectivity index (χ4n) is 2.96. The molecule has 5 nitrogen and oxygen atoms in total. The molecule has 25 heavy (non-hydrogen) atoms. The zero-order valence-corrected chi connectivity index (χ0v) is 13.7. The van der Waals surface area contributed by atoms with Crippen LogP contribution in [0, 0.1) is 6.92 Å². The number of nitrogens with zero attached hydrogens (tertiary/aromatic N) is 2. The molecule has 0 spiro atoms. The minimum absolute atomic E-state index is 0.114. The van der Waals surface area contributed by atoms with Crippen molar-refractivity contribution in [2.24, 2.45) is 0 Å². The summed E-state index contributed by atoms with van der Waals surface area (Å²) in [5, 5.41) is 9.38. The molecule has 0 unspecified atom stereocenters. The number of imidazole rings is 1. The third kappa shape index (κ3) is 2.80. The molecule has 0 radical (unpaired) electrons. The molecule has 2 aromatic rings. The summed E-state index contributed by atoms with van der Waals surface area (Å²) in [6, 6.07) is 16.7. The van der Waals surface area contributed by atoms with E-state index in [1.54, 1.807) is 35.0 Å². The SMILES string of the molecule is Cc1[nH]c(-c2ccccc2)cn2c(=O)c(Cc3ccc(O)cc3)nc1-2. The third-order valence-corrected chi connectivity index (χ3v) is 4.24. The van der Waals surface area contributed by atoms with E-state index in [9.17, 15) is 9.90 Å². The molecule has 0 aliphatic carbocycles. The number of rotatable bonds is 3. The zero-order chi connectivity index (χ0) is 17.4. The van der Waals surface area contributed by atoms with Crippen molar-refractivity contribution >= 4 is 0 Å². The van der Waals surface area contributed by atoms with Gasteiger partial charge in [-0.1, -0.05) is 42.5 Å². The molecule has 0 saturated heterocycles. The molecular weight excluding hydrogens is 314 g/mol. The van der Waals surface area contributed by atoms with E-state index >= 15 is 0 Å². The van der Waals surface area contributed by atoms with Gasteiger partial charge >= 0.3 is 0 Å². The second-order valence-corrected chi connectivity index (χ2v) is 6.06. The van der Waals surface area contributed by atoms with E-state index in [0.717, 1.165) is 22.5 Å². The average Bonchev–Trinajstić information content (AvgIpc) is 2.94. The van der Waals surface area contributed by atoms with Gasteiger partial charge in [-0.15, -0.1) is 0 Å². The smallest absolute Gasteiger partial charge is 0.278 e. The monoisotopic (exact) mass is 331 g/mol. The molecule has 0 amide bonds. The second-order valence-electron chi connectivity index (χ2n) is 6.06. The Morgan fingerprint density at radius 2 is 1.80 bits per heavy atom. The van der Waals surface area contributed by atoms with Gasteiger partial charge in [0.25, 0.3) is 5.56 Å². The van der Waals surface area contributed by atoms with Gasteiger partial charge in [0, 0.05) is 12.6 Å².